The number of rotatable bonds is 8. The first kappa shape index (κ1) is 19.6. The maximum Gasteiger partial charge on any atom is 0.321 e. The average Bonchev–Trinajstić information content (AvgIpc) is 2.58. The van der Waals surface area contributed by atoms with E-state index in [-0.39, 0.29) is 17.3 Å². The summed E-state index contributed by atoms with van der Waals surface area (Å²) in [5, 5.41) is 2.35. The van der Waals surface area contributed by atoms with E-state index in [1.54, 1.807) is 18.2 Å². The van der Waals surface area contributed by atoms with Crippen LogP contribution in [-0.4, -0.2) is 64.9 Å². The second kappa shape index (κ2) is 8.99. The van der Waals surface area contributed by atoms with Gasteiger partial charge in [0.05, 0.1) is 11.4 Å². The van der Waals surface area contributed by atoms with Gasteiger partial charge in [0.15, 0.2) is 6.61 Å². The monoisotopic (exact) mass is 357 g/mol. The zero-order chi connectivity index (χ0) is 18.2. The van der Waals surface area contributed by atoms with Crippen molar-refractivity contribution in [3.8, 4) is 0 Å². The van der Waals surface area contributed by atoms with Crippen LogP contribution in [0.25, 0.3) is 0 Å². The first-order valence-electron chi connectivity index (χ1n) is 6.91. The van der Waals surface area contributed by atoms with Crippen molar-refractivity contribution >= 4 is 27.8 Å². The number of carbonyl (C=O) groups excluding carboxylic acids is 3. The van der Waals surface area contributed by atoms with Crippen molar-refractivity contribution in [2.75, 3.05) is 33.8 Å². The molecular weight excluding hydrogens is 338 g/mol. The molecule has 0 aromatic heterocycles. The molecule has 0 bridgehead atoms. The lowest BCUT2D eigenvalue weighted by Gasteiger charge is -2.16. The van der Waals surface area contributed by atoms with E-state index in [2.05, 4.69) is 14.8 Å². The molecule has 1 aromatic rings. The third-order valence-corrected chi connectivity index (χ3v) is 4.32. The number of sulfonamides is 1. The second-order valence-electron chi connectivity index (χ2n) is 4.72. The molecule has 0 radical (unpaired) electrons. The van der Waals surface area contributed by atoms with Crippen LogP contribution in [-0.2, 0) is 29.1 Å². The first-order valence-corrected chi connectivity index (χ1v) is 8.39. The fourth-order valence-corrected chi connectivity index (χ4v) is 2.51. The quantitative estimate of drug-likeness (QED) is 0.559. The van der Waals surface area contributed by atoms with E-state index < -0.39 is 35.1 Å². The van der Waals surface area contributed by atoms with Gasteiger partial charge in [-0.1, -0.05) is 18.2 Å². The van der Waals surface area contributed by atoms with Gasteiger partial charge in [0, 0.05) is 14.1 Å². The highest BCUT2D eigenvalue weighted by molar-refractivity contribution is 7.89. The van der Waals surface area contributed by atoms with E-state index in [1.165, 1.54) is 26.2 Å². The molecule has 1 aromatic carbocycles. The highest BCUT2D eigenvalue weighted by Crippen LogP contribution is 2.06. The highest BCUT2D eigenvalue weighted by Gasteiger charge is 2.17. The molecule has 132 valence electrons. The second-order valence-corrected chi connectivity index (χ2v) is 6.49. The third kappa shape index (κ3) is 6.34. The molecule has 2 N–H and O–H groups in total. The zero-order valence-corrected chi connectivity index (χ0v) is 14.1. The molecule has 0 unspecified atom stereocenters. The maximum absolute atomic E-state index is 11.9. The normalized spacial score (nSPS) is 10.8. The fraction of sp³-hybridized carbons (Fsp3) is 0.357. The summed E-state index contributed by atoms with van der Waals surface area (Å²) in [5.74, 6) is -1.86. The van der Waals surface area contributed by atoms with E-state index in [0.717, 1.165) is 4.90 Å². The van der Waals surface area contributed by atoms with E-state index in [9.17, 15) is 22.8 Å². The summed E-state index contributed by atoms with van der Waals surface area (Å²) in [4.78, 5) is 35.4. The van der Waals surface area contributed by atoms with Crippen molar-refractivity contribution < 1.29 is 27.5 Å². The number of likely N-dealkylation sites (N-methyl/N-ethyl adjacent to an activating group) is 2. The molecule has 0 fully saturated rings. The van der Waals surface area contributed by atoms with E-state index in [1.807, 2.05) is 0 Å². The highest BCUT2D eigenvalue weighted by atomic mass is 32.2. The Bertz CT molecular complexity index is 690. The Kier molecular flexibility index (Phi) is 7.33. The predicted octanol–water partition coefficient (Wildman–Crippen LogP) is -1.29. The van der Waals surface area contributed by atoms with Crippen LogP contribution in [0.2, 0.25) is 0 Å². The number of benzene rings is 1. The minimum absolute atomic E-state index is 0.0131. The molecule has 0 heterocycles. The molecule has 9 nitrogen and oxygen atoms in total. The van der Waals surface area contributed by atoms with Crippen molar-refractivity contribution in [1.82, 2.24) is 14.9 Å². The summed E-state index contributed by atoms with van der Waals surface area (Å²) in [6, 6.07) is 7.52. The standard InChI is InChI=1S/C14H19N3O6S/c1-15-12(18)9-17(2)13(19)10-23-14(20)8-16-24(21,22)11-6-4-3-5-7-11/h3-7,16H,8-10H2,1-2H3,(H,15,18). The Labute approximate surface area is 140 Å². The lowest BCUT2D eigenvalue weighted by Crippen LogP contribution is -2.39. The summed E-state index contributed by atoms with van der Waals surface area (Å²) in [6.07, 6.45) is 0. The molecule has 24 heavy (non-hydrogen) atoms. The van der Waals surface area contributed by atoms with Gasteiger partial charge in [-0.15, -0.1) is 0 Å². The molecule has 0 spiro atoms. The lowest BCUT2D eigenvalue weighted by atomic mass is 10.4. The minimum atomic E-state index is -3.83. The lowest BCUT2D eigenvalue weighted by molar-refractivity contribution is -0.151. The Balaban J connectivity index is 2.42. The van der Waals surface area contributed by atoms with Gasteiger partial charge in [0.2, 0.25) is 15.9 Å². The van der Waals surface area contributed by atoms with E-state index in [0.29, 0.717) is 0 Å². The van der Waals surface area contributed by atoms with Gasteiger partial charge in [0.25, 0.3) is 5.91 Å². The van der Waals surface area contributed by atoms with Crippen molar-refractivity contribution in [1.29, 1.82) is 0 Å². The van der Waals surface area contributed by atoms with Crippen molar-refractivity contribution in [3.63, 3.8) is 0 Å². The molecule has 0 atom stereocenters. The number of nitrogens with one attached hydrogen (secondary N) is 2. The molecule has 10 heteroatoms. The van der Waals surface area contributed by atoms with Gasteiger partial charge in [-0.05, 0) is 12.1 Å². The molecule has 0 saturated heterocycles. The van der Waals surface area contributed by atoms with Crippen LogP contribution in [0.4, 0.5) is 0 Å². The molecule has 0 aliphatic heterocycles. The van der Waals surface area contributed by atoms with Crippen LogP contribution >= 0.6 is 0 Å². The number of ether oxygens (including phenoxy) is 1. The maximum atomic E-state index is 11.9. The smallest absolute Gasteiger partial charge is 0.321 e. The van der Waals surface area contributed by atoms with Crippen LogP contribution in [0.1, 0.15) is 0 Å². The molecule has 0 saturated carbocycles. The van der Waals surface area contributed by atoms with Crippen molar-refractivity contribution in [3.05, 3.63) is 30.3 Å². The Morgan fingerprint density at radius 1 is 1.17 bits per heavy atom. The first-order chi connectivity index (χ1) is 11.3. The summed E-state index contributed by atoms with van der Waals surface area (Å²) in [6.45, 7) is -1.36. The van der Waals surface area contributed by atoms with Gasteiger partial charge in [-0.25, -0.2) is 8.42 Å². The van der Waals surface area contributed by atoms with Crippen LogP contribution in [0.15, 0.2) is 35.2 Å². The largest absolute Gasteiger partial charge is 0.455 e. The Hall–Kier alpha value is -2.46. The van der Waals surface area contributed by atoms with Crippen LogP contribution in [0, 0.1) is 0 Å². The zero-order valence-electron chi connectivity index (χ0n) is 13.3. The summed E-state index contributed by atoms with van der Waals surface area (Å²) in [7, 11) is -1.02. The van der Waals surface area contributed by atoms with E-state index in [4.69, 9.17) is 0 Å². The minimum Gasteiger partial charge on any atom is -0.455 e. The topological polar surface area (TPSA) is 122 Å². The van der Waals surface area contributed by atoms with Gasteiger partial charge < -0.3 is 15.0 Å². The van der Waals surface area contributed by atoms with Gasteiger partial charge in [0.1, 0.15) is 6.54 Å². The van der Waals surface area contributed by atoms with Crippen molar-refractivity contribution in [2.45, 2.75) is 4.90 Å². The van der Waals surface area contributed by atoms with Gasteiger partial charge >= 0.3 is 5.97 Å². The third-order valence-electron chi connectivity index (χ3n) is 2.90. The summed E-state index contributed by atoms with van der Waals surface area (Å²) < 4.78 is 30.6. The van der Waals surface area contributed by atoms with Crippen LogP contribution in [0.5, 0.6) is 0 Å². The van der Waals surface area contributed by atoms with Crippen LogP contribution < -0.4 is 10.0 Å². The molecule has 0 aliphatic carbocycles. The summed E-state index contributed by atoms with van der Waals surface area (Å²) >= 11 is 0. The predicted molar refractivity (Wildman–Crippen MR) is 84.3 cm³/mol. The fourth-order valence-electron chi connectivity index (χ4n) is 1.52. The molecule has 1 rings (SSSR count). The summed E-state index contributed by atoms with van der Waals surface area (Å²) in [5.41, 5.74) is 0. The SMILES string of the molecule is CNC(=O)CN(C)C(=O)COC(=O)CNS(=O)(=O)c1ccccc1. The number of esters is 1. The number of amides is 2. The number of hydrogen-bond acceptors (Lipinski definition) is 6. The number of hydrogen-bond donors (Lipinski definition) is 2. The molecular formula is C14H19N3O6S. The molecule has 2 amide bonds. The van der Waals surface area contributed by atoms with E-state index >= 15 is 0 Å². The van der Waals surface area contributed by atoms with Crippen molar-refractivity contribution in [2.24, 2.45) is 0 Å². The van der Waals surface area contributed by atoms with Crippen LogP contribution in [0.3, 0.4) is 0 Å². The molecule has 0 aliphatic rings. The van der Waals surface area contributed by atoms with Gasteiger partial charge in [-0.3, -0.25) is 14.4 Å². The average molecular weight is 357 g/mol. The van der Waals surface area contributed by atoms with Gasteiger partial charge in [-0.2, -0.15) is 4.72 Å². The Morgan fingerprint density at radius 2 is 1.79 bits per heavy atom. The number of nitrogens with zero attached hydrogens (tertiary/aromatic N) is 1. The Morgan fingerprint density at radius 3 is 2.38 bits per heavy atom. The number of carbonyl (C=O) groups is 3.